The molecular formula is C17H15NO3. The van der Waals surface area contributed by atoms with Gasteiger partial charge in [-0.05, 0) is 53.8 Å². The van der Waals surface area contributed by atoms with Crippen LogP contribution in [0.1, 0.15) is 6.92 Å². The SMILES string of the molecule is CC(Oc1ccc(-c2ccc3[nH]ccc3c2)cc1)C(=O)O. The van der Waals surface area contributed by atoms with Crippen LogP contribution in [0.4, 0.5) is 0 Å². The number of carbonyl (C=O) groups is 1. The fourth-order valence-corrected chi connectivity index (χ4v) is 2.21. The highest BCUT2D eigenvalue weighted by atomic mass is 16.5. The lowest BCUT2D eigenvalue weighted by atomic mass is 10.0. The van der Waals surface area contributed by atoms with Gasteiger partial charge in [-0.2, -0.15) is 0 Å². The molecular weight excluding hydrogens is 266 g/mol. The van der Waals surface area contributed by atoms with Crippen molar-refractivity contribution in [3.8, 4) is 16.9 Å². The van der Waals surface area contributed by atoms with Crippen LogP contribution in [-0.2, 0) is 4.79 Å². The molecule has 0 saturated heterocycles. The molecule has 3 aromatic rings. The molecule has 4 nitrogen and oxygen atoms in total. The number of fused-ring (bicyclic) bond motifs is 1. The molecule has 0 aliphatic carbocycles. The first kappa shape index (κ1) is 13.2. The lowest BCUT2D eigenvalue weighted by Gasteiger charge is -2.10. The van der Waals surface area contributed by atoms with E-state index in [0.717, 1.165) is 22.0 Å². The molecule has 106 valence electrons. The van der Waals surface area contributed by atoms with E-state index in [2.05, 4.69) is 17.1 Å². The van der Waals surface area contributed by atoms with E-state index in [-0.39, 0.29) is 0 Å². The Kier molecular flexibility index (Phi) is 3.36. The number of carboxylic acids is 1. The minimum absolute atomic E-state index is 0.552. The molecule has 21 heavy (non-hydrogen) atoms. The summed E-state index contributed by atoms with van der Waals surface area (Å²) in [5.41, 5.74) is 3.28. The lowest BCUT2D eigenvalue weighted by molar-refractivity contribution is -0.144. The van der Waals surface area contributed by atoms with Crippen LogP contribution in [0.15, 0.2) is 54.7 Å². The molecule has 2 aromatic carbocycles. The minimum Gasteiger partial charge on any atom is -0.479 e. The standard InChI is InChI=1S/C17H15NO3/c1-11(17(19)20)21-15-5-2-12(3-6-15)13-4-7-16-14(10-13)8-9-18-16/h2-11,18H,1H3,(H,19,20). The Morgan fingerprint density at radius 1 is 1.10 bits per heavy atom. The second-order valence-corrected chi connectivity index (χ2v) is 4.90. The van der Waals surface area contributed by atoms with Crippen molar-refractivity contribution in [2.75, 3.05) is 0 Å². The summed E-state index contributed by atoms with van der Waals surface area (Å²) in [6.07, 6.45) is 1.06. The maximum atomic E-state index is 10.8. The zero-order valence-corrected chi connectivity index (χ0v) is 11.5. The Morgan fingerprint density at radius 3 is 2.52 bits per heavy atom. The molecule has 0 spiro atoms. The fourth-order valence-electron chi connectivity index (χ4n) is 2.21. The molecule has 0 bridgehead atoms. The van der Waals surface area contributed by atoms with E-state index in [1.165, 1.54) is 6.92 Å². The molecule has 3 rings (SSSR count). The van der Waals surface area contributed by atoms with Crippen LogP contribution >= 0.6 is 0 Å². The number of hydrogen-bond donors (Lipinski definition) is 2. The van der Waals surface area contributed by atoms with E-state index in [1.54, 1.807) is 12.1 Å². The summed E-state index contributed by atoms with van der Waals surface area (Å²) in [6, 6.07) is 15.7. The third kappa shape index (κ3) is 2.74. The van der Waals surface area contributed by atoms with Gasteiger partial charge in [0.15, 0.2) is 6.10 Å². The second-order valence-electron chi connectivity index (χ2n) is 4.90. The summed E-state index contributed by atoms with van der Waals surface area (Å²) < 4.78 is 5.32. The number of aromatic nitrogens is 1. The highest BCUT2D eigenvalue weighted by Crippen LogP contribution is 2.26. The van der Waals surface area contributed by atoms with Crippen LogP contribution in [0.25, 0.3) is 22.0 Å². The van der Waals surface area contributed by atoms with E-state index in [4.69, 9.17) is 9.84 Å². The Bertz CT molecular complexity index is 774. The molecule has 4 heteroatoms. The van der Waals surface area contributed by atoms with Gasteiger partial charge >= 0.3 is 5.97 Å². The topological polar surface area (TPSA) is 62.3 Å². The first-order chi connectivity index (χ1) is 10.1. The predicted octanol–water partition coefficient (Wildman–Crippen LogP) is 3.69. The van der Waals surface area contributed by atoms with Crippen molar-refractivity contribution in [3.05, 3.63) is 54.7 Å². The van der Waals surface area contributed by atoms with Crippen LogP contribution in [0.5, 0.6) is 5.75 Å². The average molecular weight is 281 g/mol. The molecule has 0 amide bonds. The lowest BCUT2D eigenvalue weighted by Crippen LogP contribution is -2.22. The number of benzene rings is 2. The maximum Gasteiger partial charge on any atom is 0.344 e. The van der Waals surface area contributed by atoms with Crippen LogP contribution in [0, 0.1) is 0 Å². The van der Waals surface area contributed by atoms with Gasteiger partial charge < -0.3 is 14.8 Å². The van der Waals surface area contributed by atoms with Crippen molar-refractivity contribution in [2.45, 2.75) is 13.0 Å². The number of nitrogens with one attached hydrogen (secondary N) is 1. The summed E-state index contributed by atoms with van der Waals surface area (Å²) in [5, 5.41) is 9.99. The van der Waals surface area contributed by atoms with Gasteiger partial charge in [0.25, 0.3) is 0 Å². The molecule has 0 fully saturated rings. The number of carboxylic acid groups (broad SMARTS) is 1. The number of ether oxygens (including phenoxy) is 1. The van der Waals surface area contributed by atoms with Crippen molar-refractivity contribution in [1.29, 1.82) is 0 Å². The normalized spacial score (nSPS) is 12.2. The number of aromatic amines is 1. The van der Waals surface area contributed by atoms with Gasteiger partial charge in [-0.25, -0.2) is 4.79 Å². The zero-order chi connectivity index (χ0) is 14.8. The highest BCUT2D eigenvalue weighted by Gasteiger charge is 2.12. The van der Waals surface area contributed by atoms with Crippen molar-refractivity contribution < 1.29 is 14.6 Å². The summed E-state index contributed by atoms with van der Waals surface area (Å²) in [4.78, 5) is 13.9. The van der Waals surface area contributed by atoms with Crippen molar-refractivity contribution in [3.63, 3.8) is 0 Å². The molecule has 0 aliphatic heterocycles. The van der Waals surface area contributed by atoms with Gasteiger partial charge in [-0.1, -0.05) is 18.2 Å². The summed E-state index contributed by atoms with van der Waals surface area (Å²) >= 11 is 0. The van der Waals surface area contributed by atoms with Gasteiger partial charge in [-0.3, -0.25) is 0 Å². The molecule has 0 saturated carbocycles. The number of H-pyrrole nitrogens is 1. The fraction of sp³-hybridized carbons (Fsp3) is 0.118. The Morgan fingerprint density at radius 2 is 1.81 bits per heavy atom. The van der Waals surface area contributed by atoms with Crippen LogP contribution < -0.4 is 4.74 Å². The Labute approximate surface area is 122 Å². The maximum absolute atomic E-state index is 10.8. The van der Waals surface area contributed by atoms with E-state index in [0.29, 0.717) is 5.75 Å². The first-order valence-electron chi connectivity index (χ1n) is 6.70. The average Bonchev–Trinajstić information content (AvgIpc) is 2.95. The molecule has 1 aromatic heterocycles. The summed E-state index contributed by atoms with van der Waals surface area (Å²) in [5.74, 6) is -0.423. The van der Waals surface area contributed by atoms with E-state index in [9.17, 15) is 4.79 Å². The number of rotatable bonds is 4. The quantitative estimate of drug-likeness (QED) is 0.766. The number of hydrogen-bond acceptors (Lipinski definition) is 2. The van der Waals surface area contributed by atoms with E-state index < -0.39 is 12.1 Å². The first-order valence-corrected chi connectivity index (χ1v) is 6.70. The molecule has 1 unspecified atom stereocenters. The molecule has 1 atom stereocenters. The third-order valence-corrected chi connectivity index (χ3v) is 3.40. The van der Waals surface area contributed by atoms with E-state index >= 15 is 0 Å². The predicted molar refractivity (Wildman–Crippen MR) is 81.5 cm³/mol. The molecule has 0 aliphatic rings. The summed E-state index contributed by atoms with van der Waals surface area (Å²) in [7, 11) is 0. The van der Waals surface area contributed by atoms with Gasteiger partial charge in [0.05, 0.1) is 0 Å². The zero-order valence-electron chi connectivity index (χ0n) is 11.5. The van der Waals surface area contributed by atoms with Gasteiger partial charge in [0, 0.05) is 11.7 Å². The Hall–Kier alpha value is -2.75. The van der Waals surface area contributed by atoms with E-state index in [1.807, 2.05) is 30.5 Å². The van der Waals surface area contributed by atoms with Gasteiger partial charge in [0.2, 0.25) is 0 Å². The largest absolute Gasteiger partial charge is 0.479 e. The minimum atomic E-state index is -0.975. The van der Waals surface area contributed by atoms with Crippen LogP contribution in [0.2, 0.25) is 0 Å². The number of aliphatic carboxylic acids is 1. The molecule has 2 N–H and O–H groups in total. The van der Waals surface area contributed by atoms with Crippen molar-refractivity contribution in [2.24, 2.45) is 0 Å². The van der Waals surface area contributed by atoms with Crippen molar-refractivity contribution >= 4 is 16.9 Å². The highest BCUT2D eigenvalue weighted by molar-refractivity contribution is 5.85. The Balaban J connectivity index is 1.84. The molecule has 0 radical (unpaired) electrons. The monoisotopic (exact) mass is 281 g/mol. The third-order valence-electron chi connectivity index (χ3n) is 3.40. The van der Waals surface area contributed by atoms with Crippen LogP contribution in [0.3, 0.4) is 0 Å². The molecule has 1 heterocycles. The van der Waals surface area contributed by atoms with Crippen LogP contribution in [-0.4, -0.2) is 22.2 Å². The summed E-state index contributed by atoms with van der Waals surface area (Å²) in [6.45, 7) is 1.51. The van der Waals surface area contributed by atoms with Crippen molar-refractivity contribution in [1.82, 2.24) is 4.98 Å². The smallest absolute Gasteiger partial charge is 0.344 e. The van der Waals surface area contributed by atoms with Gasteiger partial charge in [0.1, 0.15) is 5.75 Å². The van der Waals surface area contributed by atoms with Gasteiger partial charge in [-0.15, -0.1) is 0 Å². The second kappa shape index (κ2) is 5.32.